The van der Waals surface area contributed by atoms with Crippen molar-refractivity contribution in [3.8, 4) is 5.75 Å². The van der Waals surface area contributed by atoms with Crippen LogP contribution in [-0.2, 0) is 13.2 Å². The van der Waals surface area contributed by atoms with E-state index < -0.39 is 0 Å². The van der Waals surface area contributed by atoms with Crippen LogP contribution in [0.15, 0.2) is 48.5 Å². The Bertz CT molecular complexity index is 615. The summed E-state index contributed by atoms with van der Waals surface area (Å²) in [6.07, 6.45) is 1.14. The van der Waals surface area contributed by atoms with Gasteiger partial charge in [0.2, 0.25) is 0 Å². The predicted octanol–water partition coefficient (Wildman–Crippen LogP) is 4.74. The zero-order chi connectivity index (χ0) is 17.9. The molecule has 2 aromatic rings. The van der Waals surface area contributed by atoms with Gasteiger partial charge < -0.3 is 15.0 Å². The van der Waals surface area contributed by atoms with Crippen molar-refractivity contribution >= 4 is 11.6 Å². The first-order chi connectivity index (χ1) is 12.2. The first kappa shape index (κ1) is 19.8. The molecular weight excluding hydrogens is 332 g/mol. The van der Waals surface area contributed by atoms with Crippen LogP contribution in [0.25, 0.3) is 0 Å². The summed E-state index contributed by atoms with van der Waals surface area (Å²) in [5, 5.41) is 4.25. The third-order valence-corrected chi connectivity index (χ3v) is 4.53. The lowest BCUT2D eigenvalue weighted by Crippen LogP contribution is -2.27. The summed E-state index contributed by atoms with van der Waals surface area (Å²) >= 11 is 6.16. The van der Waals surface area contributed by atoms with Crippen molar-refractivity contribution in [2.45, 2.75) is 33.4 Å². The van der Waals surface area contributed by atoms with Gasteiger partial charge in [0.15, 0.2) is 0 Å². The highest BCUT2D eigenvalue weighted by molar-refractivity contribution is 6.30. The highest BCUT2D eigenvalue weighted by Gasteiger charge is 2.06. The lowest BCUT2D eigenvalue weighted by molar-refractivity contribution is 0.295. The fourth-order valence-electron chi connectivity index (χ4n) is 2.75. The van der Waals surface area contributed by atoms with Crippen LogP contribution in [0.4, 0.5) is 0 Å². The molecule has 0 aliphatic rings. The molecule has 3 nitrogen and oxygen atoms in total. The van der Waals surface area contributed by atoms with Gasteiger partial charge in [-0.05, 0) is 56.4 Å². The Kier molecular flexibility index (Phi) is 8.81. The van der Waals surface area contributed by atoms with Crippen molar-refractivity contribution in [2.75, 3.05) is 26.2 Å². The van der Waals surface area contributed by atoms with Crippen molar-refractivity contribution in [1.82, 2.24) is 10.2 Å². The van der Waals surface area contributed by atoms with Gasteiger partial charge in [0.25, 0.3) is 0 Å². The Labute approximate surface area is 156 Å². The molecule has 0 atom stereocenters. The summed E-state index contributed by atoms with van der Waals surface area (Å²) in [4.78, 5) is 2.44. The highest BCUT2D eigenvalue weighted by Crippen LogP contribution is 2.23. The van der Waals surface area contributed by atoms with Gasteiger partial charge in [-0.25, -0.2) is 0 Å². The van der Waals surface area contributed by atoms with E-state index in [2.05, 4.69) is 36.2 Å². The monoisotopic (exact) mass is 360 g/mol. The van der Waals surface area contributed by atoms with Crippen LogP contribution in [0, 0.1) is 0 Å². The molecular formula is C21H29ClN2O. The SMILES string of the molecule is CCN(CC)CCCNCc1cc(Cl)ccc1OCc1ccccc1. The smallest absolute Gasteiger partial charge is 0.124 e. The molecule has 0 aliphatic carbocycles. The Morgan fingerprint density at radius 1 is 1.04 bits per heavy atom. The number of hydrogen-bond donors (Lipinski definition) is 1. The van der Waals surface area contributed by atoms with Crippen LogP contribution in [-0.4, -0.2) is 31.1 Å². The normalized spacial score (nSPS) is 11.0. The van der Waals surface area contributed by atoms with Gasteiger partial charge in [0.1, 0.15) is 12.4 Å². The lowest BCUT2D eigenvalue weighted by atomic mass is 10.2. The summed E-state index contributed by atoms with van der Waals surface area (Å²) in [5.74, 6) is 0.893. The van der Waals surface area contributed by atoms with Gasteiger partial charge in [-0.15, -0.1) is 0 Å². The Hall–Kier alpha value is -1.55. The fraction of sp³-hybridized carbons (Fsp3) is 0.429. The molecule has 136 valence electrons. The molecule has 0 radical (unpaired) electrons. The first-order valence-corrected chi connectivity index (χ1v) is 9.49. The average Bonchev–Trinajstić information content (AvgIpc) is 2.65. The van der Waals surface area contributed by atoms with Crippen molar-refractivity contribution in [3.63, 3.8) is 0 Å². The van der Waals surface area contributed by atoms with Gasteiger partial charge in [0, 0.05) is 17.1 Å². The van der Waals surface area contributed by atoms with Crippen LogP contribution >= 0.6 is 11.6 Å². The Balaban J connectivity index is 1.83. The summed E-state index contributed by atoms with van der Waals surface area (Å²) in [6.45, 7) is 10.1. The quantitative estimate of drug-likeness (QED) is 0.586. The van der Waals surface area contributed by atoms with E-state index in [1.54, 1.807) is 0 Å². The second-order valence-electron chi connectivity index (χ2n) is 6.08. The summed E-state index contributed by atoms with van der Waals surface area (Å²) in [6, 6.07) is 16.0. The predicted molar refractivity (Wildman–Crippen MR) is 106 cm³/mol. The number of hydrogen-bond acceptors (Lipinski definition) is 3. The third-order valence-electron chi connectivity index (χ3n) is 4.30. The molecule has 0 aliphatic heterocycles. The van der Waals surface area contributed by atoms with E-state index in [-0.39, 0.29) is 0 Å². The van der Waals surface area contributed by atoms with Gasteiger partial charge in [-0.3, -0.25) is 0 Å². The van der Waals surface area contributed by atoms with E-state index >= 15 is 0 Å². The molecule has 0 bridgehead atoms. The zero-order valence-corrected chi connectivity index (χ0v) is 16.1. The Morgan fingerprint density at radius 2 is 1.80 bits per heavy atom. The minimum absolute atomic E-state index is 0.567. The maximum Gasteiger partial charge on any atom is 0.124 e. The molecule has 0 saturated carbocycles. The molecule has 0 aromatic heterocycles. The molecule has 2 aromatic carbocycles. The van der Waals surface area contributed by atoms with E-state index in [1.165, 1.54) is 0 Å². The Morgan fingerprint density at radius 3 is 2.52 bits per heavy atom. The number of rotatable bonds is 11. The lowest BCUT2D eigenvalue weighted by Gasteiger charge is -2.18. The number of ether oxygens (including phenoxy) is 1. The largest absolute Gasteiger partial charge is 0.489 e. The summed E-state index contributed by atoms with van der Waals surface area (Å²) < 4.78 is 6.00. The van der Waals surface area contributed by atoms with Crippen LogP contribution in [0.3, 0.4) is 0 Å². The van der Waals surface area contributed by atoms with E-state index in [9.17, 15) is 0 Å². The van der Waals surface area contributed by atoms with Crippen LogP contribution in [0.5, 0.6) is 5.75 Å². The van der Waals surface area contributed by atoms with Gasteiger partial charge in [-0.1, -0.05) is 55.8 Å². The van der Waals surface area contributed by atoms with Gasteiger partial charge in [0.05, 0.1) is 0 Å². The number of halogens is 1. The molecule has 0 amide bonds. The molecule has 0 heterocycles. The van der Waals surface area contributed by atoms with Crippen molar-refractivity contribution in [2.24, 2.45) is 0 Å². The zero-order valence-electron chi connectivity index (χ0n) is 15.3. The second kappa shape index (κ2) is 11.1. The summed E-state index contributed by atoms with van der Waals surface area (Å²) in [5.41, 5.74) is 2.27. The second-order valence-corrected chi connectivity index (χ2v) is 6.52. The first-order valence-electron chi connectivity index (χ1n) is 9.11. The molecule has 0 spiro atoms. The van der Waals surface area contributed by atoms with Crippen molar-refractivity contribution in [3.05, 3.63) is 64.7 Å². The molecule has 1 N–H and O–H groups in total. The number of benzene rings is 2. The van der Waals surface area contributed by atoms with Crippen LogP contribution in [0.2, 0.25) is 5.02 Å². The minimum atomic E-state index is 0.567. The number of nitrogens with zero attached hydrogens (tertiary/aromatic N) is 1. The standard InChI is InChI=1S/C21H29ClN2O/c1-3-24(4-2)14-8-13-23-16-19-15-20(22)11-12-21(19)25-17-18-9-6-5-7-10-18/h5-7,9-12,15,23H,3-4,8,13-14,16-17H2,1-2H3. The van der Waals surface area contributed by atoms with Crippen molar-refractivity contribution in [1.29, 1.82) is 0 Å². The molecule has 0 saturated heterocycles. The van der Waals surface area contributed by atoms with Crippen molar-refractivity contribution < 1.29 is 4.74 Å². The molecule has 2 rings (SSSR count). The average molecular weight is 361 g/mol. The topological polar surface area (TPSA) is 24.5 Å². The highest BCUT2D eigenvalue weighted by atomic mass is 35.5. The van der Waals surface area contributed by atoms with E-state index in [4.69, 9.17) is 16.3 Å². The maximum atomic E-state index is 6.16. The van der Waals surface area contributed by atoms with Crippen LogP contribution in [0.1, 0.15) is 31.4 Å². The number of nitrogens with one attached hydrogen (secondary N) is 1. The van der Waals surface area contributed by atoms with E-state index in [0.717, 1.165) is 61.0 Å². The van der Waals surface area contributed by atoms with Crippen LogP contribution < -0.4 is 10.1 Å². The third kappa shape index (κ3) is 7.07. The van der Waals surface area contributed by atoms with Gasteiger partial charge >= 0.3 is 0 Å². The fourth-order valence-corrected chi connectivity index (χ4v) is 2.95. The maximum absolute atomic E-state index is 6.16. The van der Waals surface area contributed by atoms with E-state index in [1.807, 2.05) is 36.4 Å². The molecule has 25 heavy (non-hydrogen) atoms. The molecule has 0 unspecified atom stereocenters. The molecule has 0 fully saturated rings. The summed E-state index contributed by atoms with van der Waals surface area (Å²) in [7, 11) is 0. The molecule has 4 heteroatoms. The van der Waals surface area contributed by atoms with Gasteiger partial charge in [-0.2, -0.15) is 0 Å². The minimum Gasteiger partial charge on any atom is -0.489 e. The van der Waals surface area contributed by atoms with E-state index in [0.29, 0.717) is 6.61 Å².